The first kappa shape index (κ1) is 14.6. The van der Waals surface area contributed by atoms with E-state index in [9.17, 15) is 0 Å². The highest BCUT2D eigenvalue weighted by molar-refractivity contribution is 7.19. The van der Waals surface area contributed by atoms with Crippen LogP contribution >= 0.6 is 22.9 Å². The minimum absolute atomic E-state index is 0.611. The van der Waals surface area contributed by atoms with E-state index in [-0.39, 0.29) is 0 Å². The third kappa shape index (κ3) is 2.26. The van der Waals surface area contributed by atoms with Crippen molar-refractivity contribution in [1.82, 2.24) is 19.8 Å². The van der Waals surface area contributed by atoms with Crippen LogP contribution in [0.1, 0.15) is 5.56 Å². The number of hydrogen-bond donors (Lipinski definition) is 0. The van der Waals surface area contributed by atoms with Crippen molar-refractivity contribution in [2.24, 2.45) is 0 Å². The summed E-state index contributed by atoms with van der Waals surface area (Å²) < 4.78 is 7.74. The first-order valence-electron chi connectivity index (χ1n) is 7.67. The summed E-state index contributed by atoms with van der Waals surface area (Å²) in [4.78, 5) is 0.722. The second-order valence-electron chi connectivity index (χ2n) is 5.68. The number of hydrogen-bond acceptors (Lipinski definition) is 5. The Morgan fingerprint density at radius 2 is 1.84 bits per heavy atom. The Bertz CT molecular complexity index is 1220. The van der Waals surface area contributed by atoms with Gasteiger partial charge < -0.3 is 4.42 Å². The third-order valence-electron chi connectivity index (χ3n) is 4.13. The summed E-state index contributed by atoms with van der Waals surface area (Å²) in [5, 5.41) is 15.8. The zero-order valence-corrected chi connectivity index (χ0v) is 14.7. The lowest BCUT2D eigenvalue weighted by Crippen LogP contribution is -1.91. The highest BCUT2D eigenvalue weighted by atomic mass is 35.5. The van der Waals surface area contributed by atoms with Crippen molar-refractivity contribution >= 4 is 38.9 Å². The second-order valence-corrected chi connectivity index (χ2v) is 7.08. The molecule has 122 valence electrons. The number of benzene rings is 2. The topological polar surface area (TPSA) is 56.2 Å². The zero-order chi connectivity index (χ0) is 17.0. The Balaban J connectivity index is 1.69. The third-order valence-corrected chi connectivity index (χ3v) is 5.33. The molecule has 7 heteroatoms. The number of aromatic nitrogens is 4. The normalized spacial score (nSPS) is 11.6. The molecule has 3 heterocycles. The monoisotopic (exact) mass is 366 g/mol. The van der Waals surface area contributed by atoms with Gasteiger partial charge in [0.2, 0.25) is 10.8 Å². The summed E-state index contributed by atoms with van der Waals surface area (Å²) >= 11 is 7.44. The summed E-state index contributed by atoms with van der Waals surface area (Å²) in [6.07, 6.45) is 0. The number of halogens is 1. The van der Waals surface area contributed by atoms with Gasteiger partial charge in [-0.25, -0.2) is 0 Å². The molecule has 0 unspecified atom stereocenters. The Labute approximate surface area is 151 Å². The Kier molecular flexibility index (Phi) is 3.16. The van der Waals surface area contributed by atoms with E-state index in [0.29, 0.717) is 16.6 Å². The molecule has 0 bridgehead atoms. The molecule has 0 aliphatic carbocycles. The molecule has 0 aliphatic heterocycles. The molecular formula is C18H11ClN4OS. The fourth-order valence-electron chi connectivity index (χ4n) is 2.86. The molecule has 0 fully saturated rings. The number of para-hydroxylation sites is 1. The van der Waals surface area contributed by atoms with Crippen LogP contribution in [0.15, 0.2) is 52.9 Å². The van der Waals surface area contributed by atoms with E-state index >= 15 is 0 Å². The predicted octanol–water partition coefficient (Wildman–Crippen LogP) is 5.23. The van der Waals surface area contributed by atoms with E-state index in [1.807, 2.05) is 55.5 Å². The maximum absolute atomic E-state index is 6.01. The van der Waals surface area contributed by atoms with Crippen LogP contribution in [0.3, 0.4) is 0 Å². The smallest absolute Gasteiger partial charge is 0.235 e. The lowest BCUT2D eigenvalue weighted by Gasteiger charge is -1.96. The van der Waals surface area contributed by atoms with Crippen LogP contribution in [0, 0.1) is 6.92 Å². The van der Waals surface area contributed by atoms with Gasteiger partial charge in [0.05, 0.1) is 0 Å². The highest BCUT2D eigenvalue weighted by Crippen LogP contribution is 2.34. The predicted molar refractivity (Wildman–Crippen MR) is 99.1 cm³/mol. The molecule has 0 radical (unpaired) electrons. The minimum Gasteiger partial charge on any atom is -0.452 e. The quantitative estimate of drug-likeness (QED) is 0.429. The largest absolute Gasteiger partial charge is 0.452 e. The van der Waals surface area contributed by atoms with Crippen molar-refractivity contribution in [3.05, 3.63) is 59.1 Å². The molecule has 25 heavy (non-hydrogen) atoms. The first-order valence-corrected chi connectivity index (χ1v) is 8.87. The number of nitrogens with zero attached hydrogens (tertiary/aromatic N) is 4. The van der Waals surface area contributed by atoms with Gasteiger partial charge in [-0.2, -0.15) is 9.61 Å². The van der Waals surface area contributed by atoms with Crippen molar-refractivity contribution in [1.29, 1.82) is 0 Å². The van der Waals surface area contributed by atoms with Gasteiger partial charge >= 0.3 is 0 Å². The summed E-state index contributed by atoms with van der Waals surface area (Å²) in [5.74, 6) is 1.31. The van der Waals surface area contributed by atoms with Gasteiger partial charge in [0.25, 0.3) is 0 Å². The average molecular weight is 367 g/mol. The lowest BCUT2D eigenvalue weighted by molar-refractivity contribution is 0.619. The van der Waals surface area contributed by atoms with Crippen molar-refractivity contribution < 1.29 is 4.42 Å². The van der Waals surface area contributed by atoms with Gasteiger partial charge in [0, 0.05) is 21.5 Å². The molecule has 0 saturated carbocycles. The van der Waals surface area contributed by atoms with E-state index in [1.54, 1.807) is 4.52 Å². The minimum atomic E-state index is 0.611. The maximum atomic E-state index is 6.01. The second kappa shape index (κ2) is 5.40. The highest BCUT2D eigenvalue weighted by Gasteiger charge is 2.20. The summed E-state index contributed by atoms with van der Waals surface area (Å²) in [6.45, 7) is 2.02. The Morgan fingerprint density at radius 1 is 1.04 bits per heavy atom. The van der Waals surface area contributed by atoms with Crippen LogP contribution in [0.2, 0.25) is 5.02 Å². The molecular weight excluding hydrogens is 356 g/mol. The van der Waals surface area contributed by atoms with Gasteiger partial charge in [-0.15, -0.1) is 10.2 Å². The van der Waals surface area contributed by atoms with Crippen molar-refractivity contribution in [3.63, 3.8) is 0 Å². The van der Waals surface area contributed by atoms with E-state index < -0.39 is 0 Å². The van der Waals surface area contributed by atoms with Crippen molar-refractivity contribution in [3.8, 4) is 22.2 Å². The molecule has 5 nitrogen and oxygen atoms in total. The fraction of sp³-hybridized carbons (Fsp3) is 0.0556. The van der Waals surface area contributed by atoms with Crippen molar-refractivity contribution in [2.45, 2.75) is 6.92 Å². The fourth-order valence-corrected chi connectivity index (χ4v) is 3.83. The maximum Gasteiger partial charge on any atom is 0.235 e. The van der Waals surface area contributed by atoms with Crippen molar-refractivity contribution in [2.75, 3.05) is 0 Å². The van der Waals surface area contributed by atoms with Gasteiger partial charge in [-0.3, -0.25) is 0 Å². The summed E-state index contributed by atoms with van der Waals surface area (Å²) in [6, 6.07) is 15.5. The van der Waals surface area contributed by atoms with Crippen LogP contribution < -0.4 is 0 Å². The van der Waals surface area contributed by atoms with Crippen LogP contribution in [0.25, 0.3) is 38.1 Å². The molecule has 5 rings (SSSR count). The van der Waals surface area contributed by atoms with Gasteiger partial charge in [-0.05, 0) is 25.1 Å². The molecule has 0 amide bonds. The first-order chi connectivity index (χ1) is 12.2. The van der Waals surface area contributed by atoms with E-state index in [4.69, 9.17) is 16.0 Å². The van der Waals surface area contributed by atoms with Crippen LogP contribution in [0.4, 0.5) is 0 Å². The van der Waals surface area contributed by atoms with Crippen LogP contribution in [0.5, 0.6) is 0 Å². The lowest BCUT2D eigenvalue weighted by atomic mass is 10.1. The molecule has 0 saturated heterocycles. The SMILES string of the molecule is Cc1c(-c2nnc3sc(-c4ccc(Cl)cc4)nn23)oc2ccccc12. The molecule has 0 aliphatic rings. The molecule has 2 aromatic carbocycles. The number of fused-ring (bicyclic) bond motifs is 2. The van der Waals surface area contributed by atoms with Gasteiger partial charge in [-0.1, -0.05) is 53.3 Å². The summed E-state index contributed by atoms with van der Waals surface area (Å²) in [7, 11) is 0. The summed E-state index contributed by atoms with van der Waals surface area (Å²) in [5.41, 5.74) is 2.86. The van der Waals surface area contributed by atoms with E-state index in [0.717, 1.165) is 32.1 Å². The number of furan rings is 1. The molecule has 0 N–H and O–H groups in total. The Hall–Kier alpha value is -2.70. The van der Waals surface area contributed by atoms with Gasteiger partial charge in [0.15, 0.2) is 5.76 Å². The van der Waals surface area contributed by atoms with E-state index in [1.165, 1.54) is 11.3 Å². The average Bonchev–Trinajstić information content (AvgIpc) is 3.29. The standard InChI is InChI=1S/C18H11ClN4OS/c1-10-13-4-2-3-5-14(13)24-15(10)16-20-21-18-23(16)22-17(25-18)11-6-8-12(19)9-7-11/h2-9H,1H3. The Morgan fingerprint density at radius 3 is 2.64 bits per heavy atom. The zero-order valence-electron chi connectivity index (χ0n) is 13.1. The van der Waals surface area contributed by atoms with Crippen LogP contribution in [-0.4, -0.2) is 19.8 Å². The molecule has 5 aromatic rings. The number of rotatable bonds is 2. The van der Waals surface area contributed by atoms with Gasteiger partial charge in [0.1, 0.15) is 10.6 Å². The molecule has 0 atom stereocenters. The molecule has 0 spiro atoms. The van der Waals surface area contributed by atoms with E-state index in [2.05, 4.69) is 15.3 Å². The van der Waals surface area contributed by atoms with Crippen LogP contribution in [-0.2, 0) is 0 Å². The number of aryl methyl sites for hydroxylation is 1. The molecule has 3 aromatic heterocycles.